The fraction of sp³-hybridized carbons (Fsp3) is 0.562. The number of hydrogen-bond acceptors (Lipinski definition) is 2. The molecule has 2 fully saturated rings. The van der Waals surface area contributed by atoms with Gasteiger partial charge in [-0.15, -0.1) is 0 Å². The first-order valence-corrected chi connectivity index (χ1v) is 7.78. The highest BCUT2D eigenvalue weighted by molar-refractivity contribution is 6.30. The van der Waals surface area contributed by atoms with Crippen molar-refractivity contribution in [2.75, 3.05) is 13.2 Å². The normalized spacial score (nSPS) is 26.1. The van der Waals surface area contributed by atoms with Crippen LogP contribution in [0.2, 0.25) is 5.02 Å². The molecule has 0 N–H and O–H groups in total. The van der Waals surface area contributed by atoms with E-state index in [0.717, 1.165) is 50.3 Å². The zero-order valence-corrected chi connectivity index (χ0v) is 12.3. The maximum absolute atomic E-state index is 12.5. The topological polar surface area (TPSA) is 29.5 Å². The van der Waals surface area contributed by atoms with Crippen molar-refractivity contribution in [2.45, 2.75) is 44.2 Å². The maximum atomic E-state index is 12.5. The molecule has 3 rings (SSSR count). The number of halogens is 1. The average molecular weight is 294 g/mol. The van der Waals surface area contributed by atoms with Crippen molar-refractivity contribution in [2.24, 2.45) is 0 Å². The standard InChI is InChI=1S/C16H20ClNO2/c17-13-7-5-12(6-8-13)11-14-3-1-9-18(14)16(19)15-4-2-10-20-15/h5-8,14-15H,1-4,9-11H2. The molecule has 2 heterocycles. The Morgan fingerprint density at radius 1 is 1.25 bits per heavy atom. The molecule has 2 atom stereocenters. The van der Waals surface area contributed by atoms with Crippen LogP contribution in [0.1, 0.15) is 31.2 Å². The van der Waals surface area contributed by atoms with Gasteiger partial charge in [-0.1, -0.05) is 23.7 Å². The third-order valence-corrected chi connectivity index (χ3v) is 4.50. The van der Waals surface area contributed by atoms with Gasteiger partial charge in [0.2, 0.25) is 0 Å². The molecule has 0 aromatic heterocycles. The highest BCUT2D eigenvalue weighted by Crippen LogP contribution is 2.25. The van der Waals surface area contributed by atoms with Crippen LogP contribution in [-0.2, 0) is 16.0 Å². The van der Waals surface area contributed by atoms with Gasteiger partial charge >= 0.3 is 0 Å². The highest BCUT2D eigenvalue weighted by Gasteiger charge is 2.34. The van der Waals surface area contributed by atoms with Crippen molar-refractivity contribution < 1.29 is 9.53 Å². The Morgan fingerprint density at radius 3 is 2.75 bits per heavy atom. The van der Waals surface area contributed by atoms with E-state index in [1.807, 2.05) is 17.0 Å². The van der Waals surface area contributed by atoms with Crippen LogP contribution in [0.5, 0.6) is 0 Å². The van der Waals surface area contributed by atoms with E-state index in [9.17, 15) is 4.79 Å². The summed E-state index contributed by atoms with van der Waals surface area (Å²) in [6.07, 6.45) is 4.78. The van der Waals surface area contributed by atoms with Gasteiger partial charge in [0.15, 0.2) is 0 Å². The number of benzene rings is 1. The molecule has 20 heavy (non-hydrogen) atoms. The number of carbonyl (C=O) groups is 1. The number of hydrogen-bond donors (Lipinski definition) is 0. The van der Waals surface area contributed by atoms with Crippen LogP contribution in [0.4, 0.5) is 0 Å². The predicted octanol–water partition coefficient (Wildman–Crippen LogP) is 3.05. The first kappa shape index (κ1) is 13.9. The summed E-state index contributed by atoms with van der Waals surface area (Å²) in [5.41, 5.74) is 1.24. The van der Waals surface area contributed by atoms with Gasteiger partial charge in [0.25, 0.3) is 5.91 Å². The summed E-state index contributed by atoms with van der Waals surface area (Å²) in [6.45, 7) is 1.60. The zero-order valence-electron chi connectivity index (χ0n) is 11.6. The molecule has 0 spiro atoms. The molecule has 0 bridgehead atoms. The van der Waals surface area contributed by atoms with Crippen molar-refractivity contribution in [3.05, 3.63) is 34.9 Å². The molecule has 3 nitrogen and oxygen atoms in total. The maximum Gasteiger partial charge on any atom is 0.251 e. The minimum absolute atomic E-state index is 0.193. The predicted molar refractivity (Wildman–Crippen MR) is 78.9 cm³/mol. The molecule has 1 amide bonds. The number of likely N-dealkylation sites (tertiary alicyclic amines) is 1. The van der Waals surface area contributed by atoms with Gasteiger partial charge in [0.1, 0.15) is 6.10 Å². The summed E-state index contributed by atoms with van der Waals surface area (Å²) in [7, 11) is 0. The molecule has 1 aromatic rings. The number of carbonyl (C=O) groups excluding carboxylic acids is 1. The zero-order chi connectivity index (χ0) is 13.9. The second-order valence-electron chi connectivity index (χ2n) is 5.66. The van der Waals surface area contributed by atoms with Gasteiger partial charge in [-0.2, -0.15) is 0 Å². The van der Waals surface area contributed by atoms with E-state index in [1.165, 1.54) is 5.56 Å². The van der Waals surface area contributed by atoms with Crippen LogP contribution in [-0.4, -0.2) is 36.1 Å². The Labute approximate surface area is 124 Å². The van der Waals surface area contributed by atoms with E-state index in [4.69, 9.17) is 16.3 Å². The molecular formula is C16H20ClNO2. The minimum atomic E-state index is -0.194. The van der Waals surface area contributed by atoms with E-state index >= 15 is 0 Å². The van der Waals surface area contributed by atoms with Crippen molar-refractivity contribution in [3.8, 4) is 0 Å². The van der Waals surface area contributed by atoms with Crippen molar-refractivity contribution in [1.82, 2.24) is 4.90 Å². The molecule has 0 aliphatic carbocycles. The summed E-state index contributed by atoms with van der Waals surface area (Å²) in [6, 6.07) is 8.24. The third-order valence-electron chi connectivity index (χ3n) is 4.25. The average Bonchev–Trinajstić information content (AvgIpc) is 3.12. The number of nitrogens with zero attached hydrogens (tertiary/aromatic N) is 1. The third kappa shape index (κ3) is 2.99. The molecule has 108 valence electrons. The molecule has 2 saturated heterocycles. The molecule has 4 heteroatoms. The molecule has 2 aliphatic heterocycles. The molecule has 2 aliphatic rings. The SMILES string of the molecule is O=C(C1CCCO1)N1CCCC1Cc1ccc(Cl)cc1. The van der Waals surface area contributed by atoms with E-state index in [0.29, 0.717) is 6.04 Å². The van der Waals surface area contributed by atoms with E-state index < -0.39 is 0 Å². The highest BCUT2D eigenvalue weighted by atomic mass is 35.5. The largest absolute Gasteiger partial charge is 0.368 e. The fourth-order valence-corrected chi connectivity index (χ4v) is 3.31. The van der Waals surface area contributed by atoms with Crippen LogP contribution in [0.3, 0.4) is 0 Å². The van der Waals surface area contributed by atoms with Crippen LogP contribution >= 0.6 is 11.6 Å². The minimum Gasteiger partial charge on any atom is -0.368 e. The lowest BCUT2D eigenvalue weighted by atomic mass is 10.0. The second kappa shape index (κ2) is 6.15. The smallest absolute Gasteiger partial charge is 0.251 e. The summed E-state index contributed by atoms with van der Waals surface area (Å²) < 4.78 is 5.53. The van der Waals surface area contributed by atoms with Gasteiger partial charge in [-0.3, -0.25) is 4.79 Å². The number of ether oxygens (including phenoxy) is 1. The van der Waals surface area contributed by atoms with Crippen molar-refractivity contribution in [1.29, 1.82) is 0 Å². The molecule has 2 unspecified atom stereocenters. The van der Waals surface area contributed by atoms with E-state index in [2.05, 4.69) is 12.1 Å². The molecule has 0 radical (unpaired) electrons. The summed E-state index contributed by atoms with van der Waals surface area (Å²) in [5.74, 6) is 0.193. The molecular weight excluding hydrogens is 274 g/mol. The summed E-state index contributed by atoms with van der Waals surface area (Å²) in [4.78, 5) is 14.5. The van der Waals surface area contributed by atoms with Crippen LogP contribution in [0, 0.1) is 0 Å². The van der Waals surface area contributed by atoms with Crippen molar-refractivity contribution >= 4 is 17.5 Å². The van der Waals surface area contributed by atoms with Crippen LogP contribution < -0.4 is 0 Å². The quantitative estimate of drug-likeness (QED) is 0.857. The Kier molecular flexibility index (Phi) is 4.27. The monoisotopic (exact) mass is 293 g/mol. The Balaban J connectivity index is 1.65. The Hall–Kier alpha value is -1.06. The summed E-state index contributed by atoms with van der Waals surface area (Å²) >= 11 is 5.91. The molecule has 1 aromatic carbocycles. The Morgan fingerprint density at radius 2 is 2.05 bits per heavy atom. The lowest BCUT2D eigenvalue weighted by Crippen LogP contribution is -2.42. The van der Waals surface area contributed by atoms with Crippen LogP contribution in [0.15, 0.2) is 24.3 Å². The summed E-state index contributed by atoms with van der Waals surface area (Å²) in [5, 5.41) is 0.757. The Bertz CT molecular complexity index is 468. The first-order valence-electron chi connectivity index (χ1n) is 7.40. The number of rotatable bonds is 3. The lowest BCUT2D eigenvalue weighted by molar-refractivity contribution is -0.141. The van der Waals surface area contributed by atoms with Crippen molar-refractivity contribution in [3.63, 3.8) is 0 Å². The first-order chi connectivity index (χ1) is 9.74. The van der Waals surface area contributed by atoms with E-state index in [-0.39, 0.29) is 12.0 Å². The second-order valence-corrected chi connectivity index (χ2v) is 6.10. The van der Waals surface area contributed by atoms with Gasteiger partial charge in [0, 0.05) is 24.2 Å². The van der Waals surface area contributed by atoms with Crippen LogP contribution in [0.25, 0.3) is 0 Å². The molecule has 0 saturated carbocycles. The van der Waals surface area contributed by atoms with Gasteiger partial charge < -0.3 is 9.64 Å². The van der Waals surface area contributed by atoms with Gasteiger partial charge in [-0.05, 0) is 49.8 Å². The van der Waals surface area contributed by atoms with E-state index in [1.54, 1.807) is 0 Å². The van der Waals surface area contributed by atoms with Gasteiger partial charge in [0.05, 0.1) is 0 Å². The number of amides is 1. The fourth-order valence-electron chi connectivity index (χ4n) is 3.19. The van der Waals surface area contributed by atoms with Gasteiger partial charge in [-0.25, -0.2) is 0 Å². The lowest BCUT2D eigenvalue weighted by Gasteiger charge is -2.27.